The average Bonchev–Trinajstić information content (AvgIpc) is 2.88. The predicted octanol–water partition coefficient (Wildman–Crippen LogP) is 1.62. The highest BCUT2D eigenvalue weighted by atomic mass is 19.1. The number of carbonyl (C=O) groups is 2. The molecule has 1 amide bonds. The molecule has 0 bridgehead atoms. The van der Waals surface area contributed by atoms with Crippen molar-refractivity contribution in [1.82, 2.24) is 14.9 Å². The van der Waals surface area contributed by atoms with E-state index in [-0.39, 0.29) is 37.8 Å². The molecule has 0 aliphatic carbocycles. The van der Waals surface area contributed by atoms with Gasteiger partial charge in [-0.25, -0.2) is 14.4 Å². The molecule has 2 saturated heterocycles. The summed E-state index contributed by atoms with van der Waals surface area (Å²) in [4.78, 5) is 40.3. The van der Waals surface area contributed by atoms with Crippen molar-refractivity contribution in [1.29, 1.82) is 5.41 Å². The number of benzene rings is 1. The summed E-state index contributed by atoms with van der Waals surface area (Å²) in [6, 6.07) is 5.03. The average molecular weight is 515 g/mol. The molecule has 37 heavy (non-hydrogen) atoms. The van der Waals surface area contributed by atoms with Gasteiger partial charge in [0.2, 0.25) is 11.9 Å². The molecule has 3 N–H and O–H groups in total. The third-order valence-corrected chi connectivity index (χ3v) is 6.40. The van der Waals surface area contributed by atoms with Crippen molar-refractivity contribution in [3.63, 3.8) is 0 Å². The molecular formula is C25H35FN8O3. The summed E-state index contributed by atoms with van der Waals surface area (Å²) in [7, 11) is 0. The number of anilines is 3. The maximum absolute atomic E-state index is 15.1. The van der Waals surface area contributed by atoms with Crippen molar-refractivity contribution in [2.75, 3.05) is 67.1 Å². The summed E-state index contributed by atoms with van der Waals surface area (Å²) in [5.74, 6) is -0.625. The monoisotopic (exact) mass is 514 g/mol. The summed E-state index contributed by atoms with van der Waals surface area (Å²) < 4.78 is 20.2. The molecule has 0 unspecified atom stereocenters. The van der Waals surface area contributed by atoms with Crippen LogP contribution in [0.3, 0.4) is 0 Å². The van der Waals surface area contributed by atoms with Gasteiger partial charge in [-0.05, 0) is 6.07 Å². The Kier molecular flexibility index (Phi) is 9.20. The van der Waals surface area contributed by atoms with Gasteiger partial charge in [-0.2, -0.15) is 0 Å². The van der Waals surface area contributed by atoms with Crippen molar-refractivity contribution < 1.29 is 18.7 Å². The molecule has 0 radical (unpaired) electrons. The van der Waals surface area contributed by atoms with Gasteiger partial charge in [-0.1, -0.05) is 19.6 Å². The van der Waals surface area contributed by atoms with Crippen molar-refractivity contribution in [3.8, 4) is 0 Å². The Bertz CT molecular complexity index is 1100. The SMILES string of the molecule is C.CC(=O)N1CCN(c2ncc(N3CCN(c4cccc(COC(=O)CC(=N)N)c4F)CC3)cn2)CC1. The molecule has 2 aliphatic rings. The Morgan fingerprint density at radius 3 is 2.19 bits per heavy atom. The third kappa shape index (κ3) is 6.83. The fourth-order valence-electron chi connectivity index (χ4n) is 4.35. The molecule has 2 fully saturated rings. The lowest BCUT2D eigenvalue weighted by atomic mass is 10.1. The maximum atomic E-state index is 15.1. The Morgan fingerprint density at radius 2 is 1.59 bits per heavy atom. The van der Waals surface area contributed by atoms with E-state index in [0.717, 1.165) is 5.69 Å². The van der Waals surface area contributed by atoms with Crippen molar-refractivity contribution in [2.45, 2.75) is 27.4 Å². The van der Waals surface area contributed by atoms with Gasteiger partial charge in [0.05, 0.1) is 23.8 Å². The van der Waals surface area contributed by atoms with E-state index in [1.54, 1.807) is 25.1 Å². The molecule has 12 heteroatoms. The molecule has 11 nitrogen and oxygen atoms in total. The van der Waals surface area contributed by atoms with Gasteiger partial charge in [-0.15, -0.1) is 0 Å². The highest BCUT2D eigenvalue weighted by Gasteiger charge is 2.23. The van der Waals surface area contributed by atoms with Crippen LogP contribution in [0.5, 0.6) is 0 Å². The first-order chi connectivity index (χ1) is 17.3. The number of carbonyl (C=O) groups excluding carboxylic acids is 2. The van der Waals surface area contributed by atoms with Gasteiger partial charge in [0.15, 0.2) is 5.82 Å². The van der Waals surface area contributed by atoms with Crippen LogP contribution in [0.15, 0.2) is 30.6 Å². The Hall–Kier alpha value is -3.96. The van der Waals surface area contributed by atoms with Gasteiger partial charge < -0.3 is 30.1 Å². The lowest BCUT2D eigenvalue weighted by Gasteiger charge is -2.37. The van der Waals surface area contributed by atoms with Gasteiger partial charge in [0.1, 0.15) is 18.9 Å². The Balaban J connectivity index is 0.00000380. The normalized spacial score (nSPS) is 15.7. The van der Waals surface area contributed by atoms with Crippen LogP contribution in [0, 0.1) is 11.2 Å². The van der Waals surface area contributed by atoms with Crippen LogP contribution in [-0.4, -0.2) is 84.9 Å². The molecule has 3 heterocycles. The van der Waals surface area contributed by atoms with E-state index < -0.39 is 11.8 Å². The number of nitrogens with zero attached hydrogens (tertiary/aromatic N) is 6. The van der Waals surface area contributed by atoms with Crippen LogP contribution >= 0.6 is 0 Å². The molecule has 0 saturated carbocycles. The minimum absolute atomic E-state index is 0. The minimum Gasteiger partial charge on any atom is -0.460 e. The zero-order valence-corrected chi connectivity index (χ0v) is 20.3. The molecule has 2 aromatic rings. The molecule has 1 aromatic heterocycles. The second-order valence-electron chi connectivity index (χ2n) is 8.82. The maximum Gasteiger partial charge on any atom is 0.313 e. The summed E-state index contributed by atoms with van der Waals surface area (Å²) in [5, 5.41) is 7.14. The topological polar surface area (TPSA) is 132 Å². The number of piperazine rings is 2. The van der Waals surface area contributed by atoms with Crippen molar-refractivity contribution in [2.24, 2.45) is 5.73 Å². The smallest absolute Gasteiger partial charge is 0.313 e. The van der Waals surface area contributed by atoms with E-state index in [4.69, 9.17) is 15.9 Å². The Morgan fingerprint density at radius 1 is 1.00 bits per heavy atom. The molecule has 1 aromatic carbocycles. The molecular weight excluding hydrogens is 479 g/mol. The summed E-state index contributed by atoms with van der Waals surface area (Å²) in [6.45, 7) is 6.70. The van der Waals surface area contributed by atoms with E-state index >= 15 is 4.39 Å². The Labute approximate surface area is 216 Å². The number of nitrogens with one attached hydrogen (secondary N) is 1. The van der Waals surface area contributed by atoms with E-state index in [1.165, 1.54) is 0 Å². The highest BCUT2D eigenvalue weighted by Crippen LogP contribution is 2.26. The number of hydrogen-bond acceptors (Lipinski definition) is 9. The van der Waals surface area contributed by atoms with Crippen LogP contribution in [-0.2, 0) is 20.9 Å². The number of halogens is 1. The van der Waals surface area contributed by atoms with Gasteiger partial charge in [0, 0.05) is 64.8 Å². The number of rotatable bonds is 7. The summed E-state index contributed by atoms with van der Waals surface area (Å²) in [5.41, 5.74) is 6.85. The standard InChI is InChI=1S/C24H31FN8O3.CH4/c1-17(34)30-5-11-33(12-6-30)24-28-14-19(15-29-24)31-7-9-32(10-8-31)20-4-2-3-18(23(20)25)16-36-22(35)13-21(26)27;/h2-4,14-15H,5-13,16H2,1H3,(H3,26,27);1H4. The van der Waals surface area contributed by atoms with Gasteiger partial charge in [-0.3, -0.25) is 15.0 Å². The summed E-state index contributed by atoms with van der Waals surface area (Å²) in [6.07, 6.45) is 3.31. The fourth-order valence-corrected chi connectivity index (χ4v) is 4.35. The van der Waals surface area contributed by atoms with Gasteiger partial charge in [0.25, 0.3) is 0 Å². The number of amides is 1. The summed E-state index contributed by atoms with van der Waals surface area (Å²) >= 11 is 0. The molecule has 2 aliphatic heterocycles. The van der Waals surface area contributed by atoms with E-state index in [0.29, 0.717) is 64.0 Å². The van der Waals surface area contributed by atoms with Crippen LogP contribution in [0.25, 0.3) is 0 Å². The first-order valence-corrected chi connectivity index (χ1v) is 11.9. The second kappa shape index (κ2) is 12.3. The van der Waals surface area contributed by atoms with Crippen LogP contribution in [0.1, 0.15) is 26.3 Å². The number of amidine groups is 1. The minimum atomic E-state index is -0.660. The quantitative estimate of drug-likeness (QED) is 0.321. The number of ether oxygens (including phenoxy) is 1. The number of esters is 1. The lowest BCUT2D eigenvalue weighted by molar-refractivity contribution is -0.143. The highest BCUT2D eigenvalue weighted by molar-refractivity contribution is 5.94. The molecule has 0 atom stereocenters. The first kappa shape index (κ1) is 27.6. The van der Waals surface area contributed by atoms with E-state index in [1.807, 2.05) is 22.2 Å². The van der Waals surface area contributed by atoms with Crippen LogP contribution < -0.4 is 20.4 Å². The zero-order chi connectivity index (χ0) is 25.7. The van der Waals surface area contributed by atoms with Crippen LogP contribution in [0.2, 0.25) is 0 Å². The largest absolute Gasteiger partial charge is 0.460 e. The number of hydrogen-bond donors (Lipinski definition) is 2. The third-order valence-electron chi connectivity index (χ3n) is 6.40. The number of nitrogens with two attached hydrogens (primary N) is 1. The molecule has 200 valence electrons. The zero-order valence-electron chi connectivity index (χ0n) is 20.3. The fraction of sp³-hybridized carbons (Fsp3) is 0.480. The van der Waals surface area contributed by atoms with Gasteiger partial charge >= 0.3 is 5.97 Å². The van der Waals surface area contributed by atoms with E-state index in [2.05, 4.69) is 19.8 Å². The first-order valence-electron chi connectivity index (χ1n) is 11.9. The number of aromatic nitrogens is 2. The lowest BCUT2D eigenvalue weighted by Crippen LogP contribution is -2.48. The second-order valence-corrected chi connectivity index (χ2v) is 8.82. The van der Waals surface area contributed by atoms with E-state index in [9.17, 15) is 9.59 Å². The van der Waals surface area contributed by atoms with Crippen LogP contribution in [0.4, 0.5) is 21.7 Å². The molecule has 0 spiro atoms. The molecule has 4 rings (SSSR count). The predicted molar refractivity (Wildman–Crippen MR) is 140 cm³/mol. The van der Waals surface area contributed by atoms with Crippen molar-refractivity contribution in [3.05, 3.63) is 42.0 Å². The van der Waals surface area contributed by atoms with Crippen molar-refractivity contribution >= 4 is 35.0 Å².